The van der Waals surface area contributed by atoms with Crippen molar-refractivity contribution in [3.63, 3.8) is 0 Å². The molecule has 1 aliphatic rings. The highest BCUT2D eigenvalue weighted by Crippen LogP contribution is 2.36. The number of benzene rings is 1. The average Bonchev–Trinajstić information content (AvgIpc) is 3.04. The number of fused-ring (bicyclic) bond motifs is 1. The molecule has 0 radical (unpaired) electrons. The van der Waals surface area contributed by atoms with Gasteiger partial charge in [0.2, 0.25) is 0 Å². The zero-order valence-electron chi connectivity index (χ0n) is 13.0. The van der Waals surface area contributed by atoms with E-state index in [9.17, 15) is 9.59 Å². The van der Waals surface area contributed by atoms with Crippen LogP contribution in [-0.4, -0.2) is 23.5 Å². The molecule has 1 heterocycles. The highest BCUT2D eigenvalue weighted by Gasteiger charge is 2.32. The summed E-state index contributed by atoms with van der Waals surface area (Å²) in [5.74, 6) is -1.47. The van der Waals surface area contributed by atoms with Crippen molar-refractivity contribution in [1.82, 2.24) is 5.32 Å². The van der Waals surface area contributed by atoms with Crippen LogP contribution < -0.4 is 5.32 Å². The zero-order valence-corrected chi connectivity index (χ0v) is 13.0. The molecule has 0 bridgehead atoms. The minimum atomic E-state index is -1.11. The lowest BCUT2D eigenvalue weighted by Crippen LogP contribution is -2.40. The van der Waals surface area contributed by atoms with Gasteiger partial charge in [0.1, 0.15) is 6.26 Å². The molecule has 2 aromatic rings. The number of nitrogens with one attached hydrogen (secondary N) is 1. The third kappa shape index (κ3) is 2.99. The Morgan fingerprint density at radius 3 is 2.87 bits per heavy atom. The van der Waals surface area contributed by atoms with E-state index >= 15 is 0 Å². The second-order valence-corrected chi connectivity index (χ2v) is 6.26. The molecule has 1 aliphatic carbocycles. The lowest BCUT2D eigenvalue weighted by molar-refractivity contribution is 0.0696. The molecule has 1 aromatic heterocycles. The molecule has 1 aromatic carbocycles. The first-order valence-corrected chi connectivity index (χ1v) is 7.68. The Labute approximate surface area is 134 Å². The van der Waals surface area contributed by atoms with E-state index in [1.807, 2.05) is 12.1 Å². The molecule has 0 saturated carbocycles. The van der Waals surface area contributed by atoms with Gasteiger partial charge in [0, 0.05) is 18.0 Å². The highest BCUT2D eigenvalue weighted by molar-refractivity contribution is 5.95. The number of rotatable bonds is 4. The Bertz CT molecular complexity index is 749. The van der Waals surface area contributed by atoms with Crippen LogP contribution in [0.3, 0.4) is 0 Å². The lowest BCUT2D eigenvalue weighted by atomic mass is 9.71. The van der Waals surface area contributed by atoms with Gasteiger partial charge in [-0.3, -0.25) is 4.79 Å². The Morgan fingerprint density at radius 1 is 1.35 bits per heavy atom. The third-order valence-corrected chi connectivity index (χ3v) is 4.55. The molecule has 5 nitrogen and oxygen atoms in total. The van der Waals surface area contributed by atoms with Gasteiger partial charge in [-0.25, -0.2) is 4.79 Å². The molecule has 0 fully saturated rings. The van der Waals surface area contributed by atoms with Crippen LogP contribution in [0.4, 0.5) is 0 Å². The Hall–Kier alpha value is -2.56. The van der Waals surface area contributed by atoms with Gasteiger partial charge in [-0.2, -0.15) is 0 Å². The van der Waals surface area contributed by atoms with Gasteiger partial charge >= 0.3 is 5.97 Å². The fraction of sp³-hybridized carbons (Fsp3) is 0.333. The minimum absolute atomic E-state index is 0.0232. The second-order valence-electron chi connectivity index (χ2n) is 6.26. The van der Waals surface area contributed by atoms with Crippen LogP contribution in [0.1, 0.15) is 51.8 Å². The smallest absolute Gasteiger partial charge is 0.338 e. The highest BCUT2D eigenvalue weighted by atomic mass is 16.4. The van der Waals surface area contributed by atoms with E-state index in [-0.39, 0.29) is 22.6 Å². The van der Waals surface area contributed by atoms with Crippen molar-refractivity contribution < 1.29 is 19.1 Å². The predicted octanol–water partition coefficient (Wildman–Crippen LogP) is 3.00. The van der Waals surface area contributed by atoms with Gasteiger partial charge in [0.15, 0.2) is 5.76 Å². The number of carboxylic acids is 1. The molecular formula is C18H19NO4. The minimum Gasteiger partial charge on any atom is -0.478 e. The van der Waals surface area contributed by atoms with Crippen molar-refractivity contribution in [2.75, 3.05) is 6.54 Å². The van der Waals surface area contributed by atoms with E-state index in [1.54, 1.807) is 0 Å². The molecule has 0 saturated heterocycles. The summed E-state index contributed by atoms with van der Waals surface area (Å²) in [5, 5.41) is 11.7. The number of carbonyl (C=O) groups excluding carboxylic acids is 1. The van der Waals surface area contributed by atoms with Crippen molar-refractivity contribution in [2.24, 2.45) is 0 Å². The summed E-state index contributed by atoms with van der Waals surface area (Å²) in [4.78, 5) is 23.0. The van der Waals surface area contributed by atoms with Crippen LogP contribution in [0.2, 0.25) is 0 Å². The Morgan fingerprint density at radius 2 is 2.13 bits per heavy atom. The van der Waals surface area contributed by atoms with Crippen LogP contribution in [0.15, 0.2) is 41.0 Å². The van der Waals surface area contributed by atoms with Crippen LogP contribution >= 0.6 is 0 Å². The fourth-order valence-corrected chi connectivity index (χ4v) is 3.24. The zero-order chi connectivity index (χ0) is 16.4. The SMILES string of the molecule is CC1(CNC(=O)c2cc(C(=O)O)co2)CCCc2ccccc21. The van der Waals surface area contributed by atoms with Crippen molar-refractivity contribution in [1.29, 1.82) is 0 Å². The second kappa shape index (κ2) is 5.91. The van der Waals surface area contributed by atoms with E-state index in [1.165, 1.54) is 17.2 Å². The van der Waals surface area contributed by atoms with E-state index in [4.69, 9.17) is 9.52 Å². The Balaban J connectivity index is 1.72. The van der Waals surface area contributed by atoms with E-state index < -0.39 is 5.97 Å². The molecule has 2 N–H and O–H groups in total. The summed E-state index contributed by atoms with van der Waals surface area (Å²) >= 11 is 0. The average molecular weight is 313 g/mol. The normalized spacial score (nSPS) is 19.9. The van der Waals surface area contributed by atoms with Gasteiger partial charge in [-0.05, 0) is 30.4 Å². The monoisotopic (exact) mass is 313 g/mol. The number of hydrogen-bond acceptors (Lipinski definition) is 3. The first-order chi connectivity index (χ1) is 11.0. The maximum absolute atomic E-state index is 12.2. The largest absolute Gasteiger partial charge is 0.478 e. The molecule has 3 rings (SSSR count). The molecular weight excluding hydrogens is 294 g/mol. The summed E-state index contributed by atoms with van der Waals surface area (Å²) in [6.07, 6.45) is 4.24. The van der Waals surface area contributed by atoms with E-state index in [0.717, 1.165) is 25.5 Å². The quantitative estimate of drug-likeness (QED) is 0.909. The molecule has 1 atom stereocenters. The lowest BCUT2D eigenvalue weighted by Gasteiger charge is -2.36. The maximum Gasteiger partial charge on any atom is 0.338 e. The summed E-state index contributed by atoms with van der Waals surface area (Å²) in [6, 6.07) is 9.57. The number of furan rings is 1. The maximum atomic E-state index is 12.2. The topological polar surface area (TPSA) is 79.5 Å². The van der Waals surface area contributed by atoms with Crippen LogP contribution in [-0.2, 0) is 11.8 Å². The summed E-state index contributed by atoms with van der Waals surface area (Å²) in [5.41, 5.74) is 2.47. The fourth-order valence-electron chi connectivity index (χ4n) is 3.24. The van der Waals surface area contributed by atoms with Crippen LogP contribution in [0.25, 0.3) is 0 Å². The number of carboxylic acid groups (broad SMARTS) is 1. The van der Waals surface area contributed by atoms with Gasteiger partial charge < -0.3 is 14.8 Å². The first kappa shape index (κ1) is 15.3. The van der Waals surface area contributed by atoms with Crippen molar-refractivity contribution in [2.45, 2.75) is 31.6 Å². The van der Waals surface area contributed by atoms with Crippen molar-refractivity contribution in [3.8, 4) is 0 Å². The van der Waals surface area contributed by atoms with Gasteiger partial charge in [-0.1, -0.05) is 31.2 Å². The molecule has 0 aliphatic heterocycles. The molecule has 23 heavy (non-hydrogen) atoms. The predicted molar refractivity (Wildman–Crippen MR) is 84.7 cm³/mol. The summed E-state index contributed by atoms with van der Waals surface area (Å²) < 4.78 is 5.04. The first-order valence-electron chi connectivity index (χ1n) is 7.68. The van der Waals surface area contributed by atoms with Gasteiger partial charge in [-0.15, -0.1) is 0 Å². The van der Waals surface area contributed by atoms with Gasteiger partial charge in [0.05, 0.1) is 5.56 Å². The van der Waals surface area contributed by atoms with E-state index in [2.05, 4.69) is 24.4 Å². The summed E-state index contributed by atoms with van der Waals surface area (Å²) in [7, 11) is 0. The number of carbonyl (C=O) groups is 2. The number of hydrogen-bond donors (Lipinski definition) is 2. The standard InChI is InChI=1S/C18H19NO4/c1-18(8-4-6-12-5-2-3-7-14(12)18)11-19-16(20)15-9-13(10-23-15)17(21)22/h2-3,5,7,9-10H,4,6,8,11H2,1H3,(H,19,20)(H,21,22). The molecule has 5 heteroatoms. The molecule has 0 spiro atoms. The third-order valence-electron chi connectivity index (χ3n) is 4.55. The number of amides is 1. The van der Waals surface area contributed by atoms with Crippen LogP contribution in [0, 0.1) is 0 Å². The summed E-state index contributed by atoms with van der Waals surface area (Å²) in [6.45, 7) is 2.64. The van der Waals surface area contributed by atoms with Crippen molar-refractivity contribution >= 4 is 11.9 Å². The Kier molecular flexibility index (Phi) is 3.94. The number of aromatic carboxylic acids is 1. The van der Waals surface area contributed by atoms with Gasteiger partial charge in [0.25, 0.3) is 5.91 Å². The van der Waals surface area contributed by atoms with E-state index in [0.29, 0.717) is 6.54 Å². The number of aryl methyl sites for hydroxylation is 1. The van der Waals surface area contributed by atoms with Crippen molar-refractivity contribution in [3.05, 3.63) is 59.0 Å². The van der Waals surface area contributed by atoms with Crippen LogP contribution in [0.5, 0.6) is 0 Å². The molecule has 120 valence electrons. The molecule has 1 unspecified atom stereocenters. The molecule has 1 amide bonds.